The van der Waals surface area contributed by atoms with Gasteiger partial charge in [0.25, 0.3) is 13.8 Å². The van der Waals surface area contributed by atoms with Gasteiger partial charge >= 0.3 is 0 Å². The minimum atomic E-state index is -3.93. The Morgan fingerprint density at radius 2 is 1.54 bits per heavy atom. The van der Waals surface area contributed by atoms with Crippen LogP contribution >= 0.6 is 69.6 Å². The summed E-state index contributed by atoms with van der Waals surface area (Å²) >= 11 is 35.5. The van der Waals surface area contributed by atoms with Crippen LogP contribution in [-0.4, -0.2) is 22.3 Å². The monoisotopic (exact) mass is 523 g/mol. The summed E-state index contributed by atoms with van der Waals surface area (Å²) in [6, 6.07) is 12.4. The van der Waals surface area contributed by atoms with Crippen LogP contribution in [0.1, 0.15) is 11.7 Å². The van der Waals surface area contributed by atoms with Gasteiger partial charge in [-0.15, -0.1) is 0 Å². The van der Waals surface area contributed by atoms with E-state index in [2.05, 4.69) is 4.72 Å². The Morgan fingerprint density at radius 1 is 0.893 bits per heavy atom. The molecule has 12 heteroatoms. The Hall–Kier alpha value is -0.310. The highest BCUT2D eigenvalue weighted by Crippen LogP contribution is 2.51. The van der Waals surface area contributed by atoms with E-state index in [0.717, 1.165) is 0 Å². The van der Waals surface area contributed by atoms with Crippen molar-refractivity contribution in [3.05, 3.63) is 54.1 Å². The van der Waals surface area contributed by atoms with Crippen LogP contribution in [0.4, 0.5) is 5.69 Å². The lowest BCUT2D eigenvalue weighted by atomic mass is 10.1. The zero-order valence-corrected chi connectivity index (χ0v) is 18.9. The van der Waals surface area contributed by atoms with Gasteiger partial charge in [-0.1, -0.05) is 87.8 Å². The van der Waals surface area contributed by atoms with Crippen LogP contribution in [0.5, 0.6) is 5.75 Å². The summed E-state index contributed by atoms with van der Waals surface area (Å²) in [6.07, 6.45) is -2.61. The largest absolute Gasteiger partial charge is 0.460 e. The molecular formula is C16H11Cl6NO4S. The number of benzene rings is 2. The summed E-state index contributed by atoms with van der Waals surface area (Å²) in [5, 5.41) is 0. The van der Waals surface area contributed by atoms with E-state index in [-0.39, 0.29) is 16.2 Å². The second-order valence-electron chi connectivity index (χ2n) is 5.72. The molecule has 0 bridgehead atoms. The predicted octanol–water partition coefficient (Wildman–Crippen LogP) is 6.00. The first-order chi connectivity index (χ1) is 12.9. The van der Waals surface area contributed by atoms with Crippen molar-refractivity contribution in [2.45, 2.75) is 24.9 Å². The van der Waals surface area contributed by atoms with Crippen LogP contribution in [0.25, 0.3) is 0 Å². The summed E-state index contributed by atoms with van der Waals surface area (Å²) < 4.78 is 34.9. The highest BCUT2D eigenvalue weighted by Gasteiger charge is 2.48. The van der Waals surface area contributed by atoms with Crippen molar-refractivity contribution < 1.29 is 17.9 Å². The highest BCUT2D eigenvalue weighted by atomic mass is 35.6. The number of hydrogen-bond acceptors (Lipinski definition) is 4. The van der Waals surface area contributed by atoms with Gasteiger partial charge in [0, 0.05) is 11.3 Å². The maximum Gasteiger partial charge on any atom is 0.261 e. The molecule has 0 spiro atoms. The normalized spacial score (nSPS) is 20.2. The number of fused-ring (bicyclic) bond motifs is 1. The zero-order chi connectivity index (χ0) is 20.7. The number of halogens is 6. The number of alkyl halides is 6. The third-order valence-corrected chi connectivity index (χ3v) is 6.17. The van der Waals surface area contributed by atoms with E-state index in [9.17, 15) is 8.42 Å². The quantitative estimate of drug-likeness (QED) is 0.499. The molecule has 1 N–H and O–H groups in total. The topological polar surface area (TPSA) is 64.6 Å². The van der Waals surface area contributed by atoms with Crippen LogP contribution in [0, 0.1) is 0 Å². The van der Waals surface area contributed by atoms with E-state index in [4.69, 9.17) is 79.1 Å². The lowest BCUT2D eigenvalue weighted by Crippen LogP contribution is -2.42. The van der Waals surface area contributed by atoms with E-state index in [1.54, 1.807) is 30.3 Å². The van der Waals surface area contributed by atoms with Gasteiger partial charge in [0.15, 0.2) is 0 Å². The molecule has 3 rings (SSSR count). The molecule has 0 fully saturated rings. The lowest BCUT2D eigenvalue weighted by Gasteiger charge is -2.38. The maximum absolute atomic E-state index is 12.7. The van der Waals surface area contributed by atoms with E-state index in [1.807, 2.05) is 0 Å². The Balaban J connectivity index is 2.01. The van der Waals surface area contributed by atoms with Gasteiger partial charge in [0.2, 0.25) is 10.1 Å². The third-order valence-electron chi connectivity index (χ3n) is 3.66. The number of anilines is 1. The first kappa shape index (κ1) is 22.4. The molecule has 0 saturated carbocycles. The molecule has 1 heterocycles. The molecule has 2 atom stereocenters. The molecule has 0 amide bonds. The number of nitrogens with one attached hydrogen (secondary N) is 1. The number of sulfonamides is 1. The Kier molecular flexibility index (Phi) is 6.46. The van der Waals surface area contributed by atoms with Crippen LogP contribution in [0.15, 0.2) is 53.4 Å². The number of para-hydroxylation sites is 1. The van der Waals surface area contributed by atoms with Crippen molar-refractivity contribution in [1.82, 2.24) is 0 Å². The summed E-state index contributed by atoms with van der Waals surface area (Å²) in [7, 11) is -3.93. The number of ether oxygens (including phenoxy) is 2. The first-order valence-electron chi connectivity index (χ1n) is 7.55. The fourth-order valence-electron chi connectivity index (χ4n) is 2.46. The van der Waals surface area contributed by atoms with Crippen LogP contribution in [0.2, 0.25) is 0 Å². The van der Waals surface area contributed by atoms with Crippen molar-refractivity contribution >= 4 is 85.3 Å². The fraction of sp³-hybridized carbons (Fsp3) is 0.250. The van der Waals surface area contributed by atoms with Crippen molar-refractivity contribution in [3.63, 3.8) is 0 Å². The molecule has 0 saturated heterocycles. The Labute approximate surface area is 191 Å². The smallest absolute Gasteiger partial charge is 0.261 e. The lowest BCUT2D eigenvalue weighted by molar-refractivity contribution is -0.136. The predicted molar refractivity (Wildman–Crippen MR) is 113 cm³/mol. The van der Waals surface area contributed by atoms with Gasteiger partial charge in [-0.05, 0) is 30.3 Å². The van der Waals surface area contributed by atoms with Crippen LogP contribution < -0.4 is 9.46 Å². The zero-order valence-electron chi connectivity index (χ0n) is 13.6. The highest BCUT2D eigenvalue weighted by molar-refractivity contribution is 7.92. The molecule has 0 aromatic heterocycles. The number of rotatable bonds is 3. The molecule has 1 aliphatic heterocycles. The first-order valence-corrected chi connectivity index (χ1v) is 11.3. The third kappa shape index (κ3) is 5.05. The molecule has 2 aromatic rings. The molecule has 152 valence electrons. The van der Waals surface area contributed by atoms with Crippen LogP contribution in [-0.2, 0) is 14.8 Å². The van der Waals surface area contributed by atoms with Gasteiger partial charge in [0.05, 0.1) is 4.90 Å². The maximum atomic E-state index is 12.7. The van der Waals surface area contributed by atoms with E-state index >= 15 is 0 Å². The minimum Gasteiger partial charge on any atom is -0.460 e. The van der Waals surface area contributed by atoms with Gasteiger partial charge in [-0.3, -0.25) is 4.72 Å². The molecular weight excluding hydrogens is 515 g/mol. The molecule has 5 nitrogen and oxygen atoms in total. The number of hydrogen-bond donors (Lipinski definition) is 1. The average molecular weight is 526 g/mol. The van der Waals surface area contributed by atoms with Crippen LogP contribution in [0.3, 0.4) is 0 Å². The average Bonchev–Trinajstić information content (AvgIpc) is 2.59. The van der Waals surface area contributed by atoms with Crippen molar-refractivity contribution in [2.75, 3.05) is 4.72 Å². The standard InChI is InChI=1S/C16H11Cl6NO4S/c17-15(18,19)13-11-8-10(28(24,25)23-9-4-2-1-3-5-9)6-7-12(11)26-14(27-13)16(20,21)22/h1-8,13-14,23H. The molecule has 2 unspecified atom stereocenters. The van der Waals surface area contributed by atoms with Gasteiger partial charge in [0.1, 0.15) is 11.9 Å². The summed E-state index contributed by atoms with van der Waals surface area (Å²) in [5.41, 5.74) is 0.573. The molecule has 1 aliphatic rings. The van der Waals surface area contributed by atoms with Crippen molar-refractivity contribution in [3.8, 4) is 5.75 Å². The van der Waals surface area contributed by atoms with Crippen molar-refractivity contribution in [2.24, 2.45) is 0 Å². The molecule has 28 heavy (non-hydrogen) atoms. The summed E-state index contributed by atoms with van der Waals surface area (Å²) in [4.78, 5) is -0.0890. The molecule has 0 aliphatic carbocycles. The summed E-state index contributed by atoms with van der Waals surface area (Å²) in [6.45, 7) is 0. The van der Waals surface area contributed by atoms with E-state index < -0.39 is 30.0 Å². The second kappa shape index (κ2) is 8.08. The van der Waals surface area contributed by atoms with Gasteiger partial charge < -0.3 is 9.47 Å². The van der Waals surface area contributed by atoms with Crippen molar-refractivity contribution in [1.29, 1.82) is 0 Å². The summed E-state index contributed by atoms with van der Waals surface area (Å²) in [5.74, 6) is 0.164. The van der Waals surface area contributed by atoms with Gasteiger partial charge in [-0.25, -0.2) is 8.42 Å². The molecule has 0 radical (unpaired) electrons. The fourth-order valence-corrected chi connectivity index (χ4v) is 4.35. The van der Waals surface area contributed by atoms with E-state index in [0.29, 0.717) is 5.69 Å². The molecule has 2 aromatic carbocycles. The van der Waals surface area contributed by atoms with E-state index in [1.165, 1.54) is 18.2 Å². The Bertz CT molecular complexity index is 959. The minimum absolute atomic E-state index is 0.0890. The second-order valence-corrected chi connectivity index (χ2v) is 12.1. The Morgan fingerprint density at radius 3 is 2.11 bits per heavy atom. The SMILES string of the molecule is O=S(=O)(Nc1ccccc1)c1ccc2c(c1)C(C(Cl)(Cl)Cl)OC(C(Cl)(Cl)Cl)O2. The van der Waals surface area contributed by atoms with Gasteiger partial charge in [-0.2, -0.15) is 0 Å².